The molecule has 10 nitrogen and oxygen atoms in total. The predicted molar refractivity (Wildman–Crippen MR) is 140 cm³/mol. The van der Waals surface area contributed by atoms with Crippen molar-refractivity contribution in [3.8, 4) is 0 Å². The van der Waals surface area contributed by atoms with Crippen LogP contribution in [0.25, 0.3) is 11.2 Å². The summed E-state index contributed by atoms with van der Waals surface area (Å²) in [5.74, 6) is -2.94. The third-order valence-electron chi connectivity index (χ3n) is 7.66. The zero-order chi connectivity index (χ0) is 31.4. The van der Waals surface area contributed by atoms with Gasteiger partial charge in [0, 0.05) is 31.9 Å². The number of amides is 3. The molecule has 3 amide bonds. The number of imide groups is 1. The van der Waals surface area contributed by atoms with Crippen LogP contribution < -0.4 is 9.80 Å². The lowest BCUT2D eigenvalue weighted by atomic mass is 9.85. The lowest BCUT2D eigenvalue weighted by molar-refractivity contribution is -0.137. The number of fused-ring (bicyclic) bond motifs is 1. The molecule has 44 heavy (non-hydrogen) atoms. The van der Waals surface area contributed by atoms with Crippen molar-refractivity contribution in [2.45, 2.75) is 44.1 Å². The molecule has 4 aromatic rings. The van der Waals surface area contributed by atoms with Gasteiger partial charge in [0.15, 0.2) is 5.65 Å². The van der Waals surface area contributed by atoms with E-state index in [4.69, 9.17) is 0 Å². The Bertz CT molecular complexity index is 1730. The molecule has 2 saturated heterocycles. The van der Waals surface area contributed by atoms with Gasteiger partial charge >= 0.3 is 12.2 Å². The monoisotopic (exact) mass is 622 g/mol. The highest BCUT2D eigenvalue weighted by atomic mass is 19.4. The zero-order valence-corrected chi connectivity index (χ0v) is 22.5. The normalized spacial score (nSPS) is 17.1. The van der Waals surface area contributed by atoms with Crippen molar-refractivity contribution in [3.05, 3.63) is 71.7 Å². The smallest absolute Gasteiger partial charge is 0.355 e. The highest BCUT2D eigenvalue weighted by Gasteiger charge is 2.59. The van der Waals surface area contributed by atoms with E-state index in [-0.39, 0.29) is 48.5 Å². The van der Waals surface area contributed by atoms with Gasteiger partial charge in [-0.1, -0.05) is 0 Å². The number of alkyl halides is 5. The number of hydrogen-bond acceptors (Lipinski definition) is 7. The van der Waals surface area contributed by atoms with Gasteiger partial charge in [0.25, 0.3) is 12.3 Å². The van der Waals surface area contributed by atoms with E-state index >= 15 is 0 Å². The molecule has 3 aromatic heterocycles. The molecule has 1 spiro atoms. The van der Waals surface area contributed by atoms with Gasteiger partial charge in [0.05, 0.1) is 18.0 Å². The van der Waals surface area contributed by atoms with E-state index in [9.17, 15) is 40.3 Å². The van der Waals surface area contributed by atoms with Gasteiger partial charge in [-0.25, -0.2) is 46.9 Å². The van der Waals surface area contributed by atoms with Gasteiger partial charge in [-0.05, 0) is 42.7 Å². The fraction of sp³-hybridized carbons (Fsp3) is 0.333. The topological polar surface area (TPSA) is 100 Å². The minimum absolute atomic E-state index is 0.0212. The van der Waals surface area contributed by atoms with E-state index in [1.807, 2.05) is 0 Å². The first kappa shape index (κ1) is 29.3. The number of carbonyl (C=O) groups is 2. The number of pyridine rings is 1. The minimum Gasteiger partial charge on any atom is -0.355 e. The molecule has 0 aliphatic carbocycles. The number of halogens is 7. The average Bonchev–Trinajstić information content (AvgIpc) is 3.44. The summed E-state index contributed by atoms with van der Waals surface area (Å²) < 4.78 is 95.4. The van der Waals surface area contributed by atoms with Gasteiger partial charge in [-0.3, -0.25) is 4.79 Å². The van der Waals surface area contributed by atoms with Gasteiger partial charge < -0.3 is 9.80 Å². The first-order valence-electron chi connectivity index (χ1n) is 13.2. The Morgan fingerprint density at radius 3 is 2.30 bits per heavy atom. The summed E-state index contributed by atoms with van der Waals surface area (Å²) in [5, 5.41) is 3.89. The molecule has 0 unspecified atom stereocenters. The van der Waals surface area contributed by atoms with Crippen LogP contribution in [0.2, 0.25) is 0 Å². The Balaban J connectivity index is 1.34. The van der Waals surface area contributed by atoms with Crippen LogP contribution in [0.3, 0.4) is 0 Å². The molecule has 6 rings (SSSR count). The number of benzene rings is 1. The number of aromatic nitrogens is 5. The number of carbonyl (C=O) groups excluding carboxylic acids is 2. The van der Waals surface area contributed by atoms with Crippen LogP contribution in [-0.4, -0.2) is 66.6 Å². The molecule has 2 aliphatic heterocycles. The lowest BCUT2D eigenvalue weighted by Gasteiger charge is -2.42. The highest BCUT2D eigenvalue weighted by Crippen LogP contribution is 2.42. The maximum atomic E-state index is 14.0. The number of rotatable bonds is 6. The summed E-state index contributed by atoms with van der Waals surface area (Å²) in [7, 11) is 0. The second-order valence-corrected chi connectivity index (χ2v) is 10.4. The molecule has 0 bridgehead atoms. The van der Waals surface area contributed by atoms with Crippen LogP contribution in [0.15, 0.2) is 48.9 Å². The van der Waals surface area contributed by atoms with E-state index in [0.717, 1.165) is 27.9 Å². The van der Waals surface area contributed by atoms with Gasteiger partial charge in [-0.15, -0.1) is 0 Å². The Morgan fingerprint density at radius 2 is 1.64 bits per heavy atom. The summed E-state index contributed by atoms with van der Waals surface area (Å²) in [6.45, 7) is -0.955. The van der Waals surface area contributed by atoms with E-state index < -0.39 is 66.2 Å². The standard InChI is InChI=1S/C27H21F7N8O2/c28-17-7-15(8-18(29)10-17)13-40-25(44)42(21-9-16(1-4-35-21)27(32,33)34)24(43)26(40)2-5-39(6-3-26)22-12-36-19-11-37-41(14-20(30)31)23(19)38-22/h1,4,7-12,20H,2-3,5-6,13-14H2. The summed E-state index contributed by atoms with van der Waals surface area (Å²) >= 11 is 0. The molecule has 1 aromatic carbocycles. The molecule has 2 aliphatic rings. The highest BCUT2D eigenvalue weighted by molar-refractivity contribution is 6.23. The second kappa shape index (κ2) is 10.7. The van der Waals surface area contributed by atoms with Crippen LogP contribution in [0.1, 0.15) is 24.0 Å². The molecular weight excluding hydrogens is 601 g/mol. The molecular formula is C27H21F7N8O2. The number of urea groups is 1. The van der Waals surface area contributed by atoms with Crippen molar-refractivity contribution in [1.82, 2.24) is 29.6 Å². The summed E-state index contributed by atoms with van der Waals surface area (Å²) in [4.78, 5) is 43.6. The Hall–Kier alpha value is -4.83. The average molecular weight is 623 g/mol. The van der Waals surface area contributed by atoms with Crippen molar-refractivity contribution in [1.29, 1.82) is 0 Å². The molecule has 5 heterocycles. The molecule has 230 valence electrons. The van der Waals surface area contributed by atoms with Crippen LogP contribution in [0, 0.1) is 11.6 Å². The number of nitrogens with zero attached hydrogens (tertiary/aromatic N) is 8. The molecule has 0 atom stereocenters. The third kappa shape index (κ3) is 5.15. The Kier molecular flexibility index (Phi) is 7.12. The van der Waals surface area contributed by atoms with Gasteiger partial charge in [0.1, 0.15) is 40.9 Å². The van der Waals surface area contributed by atoms with Crippen molar-refractivity contribution in [2.24, 2.45) is 0 Å². The van der Waals surface area contributed by atoms with Crippen molar-refractivity contribution in [2.75, 3.05) is 22.9 Å². The third-order valence-corrected chi connectivity index (χ3v) is 7.66. The SMILES string of the molecule is O=C1N(c2cc(C(F)(F)F)ccn2)C(=O)C2(CCN(c3cnc4cnn(CC(F)F)c4n3)CC2)N1Cc1cc(F)cc(F)c1. The summed E-state index contributed by atoms with van der Waals surface area (Å²) in [6, 6.07) is 2.89. The second-order valence-electron chi connectivity index (χ2n) is 10.4. The quantitative estimate of drug-likeness (QED) is 0.225. The first-order valence-corrected chi connectivity index (χ1v) is 13.2. The molecule has 17 heteroatoms. The van der Waals surface area contributed by atoms with Crippen LogP contribution in [0.4, 0.5) is 47.2 Å². The summed E-state index contributed by atoms with van der Waals surface area (Å²) in [5.41, 5.74) is -2.31. The molecule has 0 N–H and O–H groups in total. The predicted octanol–water partition coefficient (Wildman–Crippen LogP) is 4.79. The van der Waals surface area contributed by atoms with Gasteiger partial charge in [0.2, 0.25) is 0 Å². The number of hydrogen-bond donors (Lipinski definition) is 0. The maximum absolute atomic E-state index is 14.0. The Morgan fingerprint density at radius 1 is 0.932 bits per heavy atom. The van der Waals surface area contributed by atoms with Crippen LogP contribution in [-0.2, 0) is 24.1 Å². The van der Waals surface area contributed by atoms with E-state index in [1.165, 1.54) is 12.4 Å². The fourth-order valence-corrected chi connectivity index (χ4v) is 5.58. The van der Waals surface area contributed by atoms with Crippen molar-refractivity contribution >= 4 is 34.7 Å². The van der Waals surface area contributed by atoms with Crippen LogP contribution in [0.5, 0.6) is 0 Å². The van der Waals surface area contributed by atoms with E-state index in [0.29, 0.717) is 23.1 Å². The van der Waals surface area contributed by atoms with E-state index in [2.05, 4.69) is 20.1 Å². The number of piperidine rings is 1. The van der Waals surface area contributed by atoms with Crippen LogP contribution >= 0.6 is 0 Å². The molecule has 2 fully saturated rings. The lowest BCUT2D eigenvalue weighted by Crippen LogP contribution is -2.56. The maximum Gasteiger partial charge on any atom is 0.416 e. The molecule has 0 saturated carbocycles. The van der Waals surface area contributed by atoms with E-state index in [1.54, 1.807) is 4.90 Å². The minimum atomic E-state index is -4.78. The van der Waals surface area contributed by atoms with Crippen molar-refractivity contribution < 1.29 is 40.3 Å². The Labute approximate surface area is 243 Å². The van der Waals surface area contributed by atoms with Gasteiger partial charge in [-0.2, -0.15) is 18.3 Å². The van der Waals surface area contributed by atoms with Crippen molar-refractivity contribution in [3.63, 3.8) is 0 Å². The molecule has 0 radical (unpaired) electrons. The summed E-state index contributed by atoms with van der Waals surface area (Å²) in [6.07, 6.45) is -4.04. The zero-order valence-electron chi connectivity index (χ0n) is 22.5. The first-order chi connectivity index (χ1) is 20.9. The largest absolute Gasteiger partial charge is 0.416 e. The number of anilines is 2. The fourth-order valence-electron chi connectivity index (χ4n) is 5.58.